The lowest BCUT2D eigenvalue weighted by atomic mass is 9.45. The number of allylic oxidation sites excluding steroid dienone is 2. The van der Waals surface area contributed by atoms with Gasteiger partial charge in [-0.2, -0.15) is 0 Å². The van der Waals surface area contributed by atoms with Gasteiger partial charge in [-0.3, -0.25) is 9.59 Å². The average molecular weight is 635 g/mol. The molecule has 4 aliphatic carbocycles. The highest BCUT2D eigenvalue weighted by Gasteiger charge is 2.64. The number of aliphatic carboxylic acids is 1. The lowest BCUT2D eigenvalue weighted by molar-refractivity contribution is -0.164. The Hall–Kier alpha value is -3.70. The number of amides is 2. The molecule has 1 aromatic heterocycles. The van der Waals surface area contributed by atoms with Crippen LogP contribution >= 0.6 is 0 Å². The fourth-order valence-electron chi connectivity index (χ4n) is 9.36. The van der Waals surface area contributed by atoms with Gasteiger partial charge in [-0.15, -0.1) is 0 Å². The minimum absolute atomic E-state index is 0.0939. The molecule has 3 fully saturated rings. The Morgan fingerprint density at radius 3 is 2.67 bits per heavy atom. The van der Waals surface area contributed by atoms with Gasteiger partial charge in [0.05, 0.1) is 24.0 Å². The van der Waals surface area contributed by atoms with Crippen LogP contribution in [0.1, 0.15) is 71.3 Å². The predicted molar refractivity (Wildman–Crippen MR) is 172 cm³/mol. The van der Waals surface area contributed by atoms with E-state index in [1.165, 1.54) is 5.57 Å². The number of carboxylic acid groups (broad SMARTS) is 1. The maximum Gasteiger partial charge on any atom is 0.326 e. The summed E-state index contributed by atoms with van der Waals surface area (Å²) in [5, 5.41) is 42.4. The van der Waals surface area contributed by atoms with E-state index in [0.29, 0.717) is 24.7 Å². The zero-order valence-electron chi connectivity index (χ0n) is 26.8. The second-order valence-electron chi connectivity index (χ2n) is 14.6. The standard InChI is InChI=1S/C35H46N4O7/c1-33-12-10-22(15-21(33)8-9-24-25-11-13-35(3,45)34(25,2)16-28(40)31(24)33)39-46-19-30(42)37-18-29(41)38-27(32(43)44)14-20-17-36-26-7-5-4-6-23(20)26/h4-7,15,17,24-25,27-28,31,36,40,45H,8-14,16,18-19H2,1-3H3,(H,37,42)(H,38,41)(H,43,44)/b39-22-/t24-,25-,27-,28-,31+,33-,34-,35-/m0/s1. The smallest absolute Gasteiger partial charge is 0.326 e. The van der Waals surface area contributed by atoms with Gasteiger partial charge in [0.2, 0.25) is 5.91 Å². The number of nitrogens with zero attached hydrogens (tertiary/aromatic N) is 1. The molecule has 8 atom stereocenters. The largest absolute Gasteiger partial charge is 0.480 e. The Bertz CT molecular complexity index is 1580. The van der Waals surface area contributed by atoms with Crippen molar-refractivity contribution in [2.45, 2.75) is 89.9 Å². The SMILES string of the molecule is C[C@]12CC/C(=N/OCC(=O)NCC(=O)N[C@@H](Cc3c[nH]c4ccccc34)C(=O)O)C=C1CC[C@@H]1[C@@H]2[C@@H](O)C[C@@]2(C)[C@H]1CC[C@]2(C)O. The Morgan fingerprint density at radius 2 is 1.89 bits per heavy atom. The van der Waals surface area contributed by atoms with E-state index in [1.807, 2.05) is 31.2 Å². The van der Waals surface area contributed by atoms with Gasteiger partial charge in [0.25, 0.3) is 5.91 Å². The monoisotopic (exact) mass is 634 g/mol. The van der Waals surface area contributed by atoms with Crippen molar-refractivity contribution < 1.29 is 34.5 Å². The van der Waals surface area contributed by atoms with Gasteiger partial charge in [-0.1, -0.05) is 42.8 Å². The molecule has 248 valence electrons. The van der Waals surface area contributed by atoms with E-state index >= 15 is 0 Å². The zero-order valence-corrected chi connectivity index (χ0v) is 26.8. The molecule has 2 aromatic rings. The molecule has 0 spiro atoms. The number of aromatic amines is 1. The Morgan fingerprint density at radius 1 is 1.11 bits per heavy atom. The van der Waals surface area contributed by atoms with Gasteiger partial charge >= 0.3 is 5.97 Å². The Kier molecular flexibility index (Phi) is 8.52. The molecule has 46 heavy (non-hydrogen) atoms. The number of aliphatic hydroxyl groups is 2. The summed E-state index contributed by atoms with van der Waals surface area (Å²) in [5.41, 5.74) is 2.49. The third-order valence-electron chi connectivity index (χ3n) is 12.0. The second-order valence-corrected chi connectivity index (χ2v) is 14.6. The Labute approximate surface area is 268 Å². The number of oxime groups is 1. The van der Waals surface area contributed by atoms with Crippen LogP contribution in [0.25, 0.3) is 10.9 Å². The van der Waals surface area contributed by atoms with Crippen LogP contribution in [0.5, 0.6) is 0 Å². The molecule has 11 heteroatoms. The van der Waals surface area contributed by atoms with Crippen LogP contribution in [0, 0.1) is 28.6 Å². The summed E-state index contributed by atoms with van der Waals surface area (Å²) < 4.78 is 0. The molecule has 1 aromatic carbocycles. The lowest BCUT2D eigenvalue weighted by Gasteiger charge is -2.60. The molecule has 1 heterocycles. The zero-order chi connectivity index (χ0) is 32.9. The second kappa shape index (κ2) is 12.2. The van der Waals surface area contributed by atoms with E-state index in [0.717, 1.165) is 54.3 Å². The third kappa shape index (κ3) is 5.72. The van der Waals surface area contributed by atoms with Crippen LogP contribution in [0.3, 0.4) is 0 Å². The number of fused-ring (bicyclic) bond motifs is 6. The quantitative estimate of drug-likeness (QED) is 0.229. The first kappa shape index (κ1) is 32.2. The molecule has 11 nitrogen and oxygen atoms in total. The number of carboxylic acids is 1. The summed E-state index contributed by atoms with van der Waals surface area (Å²) in [6, 6.07) is 6.37. The van der Waals surface area contributed by atoms with E-state index < -0.39 is 35.5 Å². The highest BCUT2D eigenvalue weighted by atomic mass is 16.6. The van der Waals surface area contributed by atoms with E-state index in [1.54, 1.807) is 6.20 Å². The van der Waals surface area contributed by atoms with Gasteiger partial charge in [0.1, 0.15) is 6.04 Å². The number of hydrogen-bond donors (Lipinski definition) is 6. The highest BCUT2D eigenvalue weighted by Crippen LogP contribution is 2.67. The molecule has 0 bridgehead atoms. The molecule has 6 rings (SSSR count). The van der Waals surface area contributed by atoms with E-state index in [4.69, 9.17) is 4.84 Å². The number of benzene rings is 1. The normalized spacial score (nSPS) is 35.0. The van der Waals surface area contributed by atoms with Crippen molar-refractivity contribution in [3.63, 3.8) is 0 Å². The Balaban J connectivity index is 0.998. The number of H-pyrrole nitrogens is 1. The van der Waals surface area contributed by atoms with Crippen molar-refractivity contribution in [3.8, 4) is 0 Å². The summed E-state index contributed by atoms with van der Waals surface area (Å²) in [5.74, 6) is -1.41. The lowest BCUT2D eigenvalue weighted by Crippen LogP contribution is -2.59. The number of aromatic nitrogens is 1. The maximum absolute atomic E-state index is 12.5. The maximum atomic E-state index is 12.5. The van der Waals surface area contributed by atoms with Crippen molar-refractivity contribution in [1.82, 2.24) is 15.6 Å². The molecule has 0 unspecified atom stereocenters. The van der Waals surface area contributed by atoms with Crippen LogP contribution in [0.2, 0.25) is 0 Å². The number of rotatable bonds is 9. The summed E-state index contributed by atoms with van der Waals surface area (Å²) in [7, 11) is 0. The van der Waals surface area contributed by atoms with Gasteiger partial charge in [-0.05, 0) is 92.7 Å². The van der Waals surface area contributed by atoms with Gasteiger partial charge < -0.3 is 35.8 Å². The first-order chi connectivity index (χ1) is 21.8. The van der Waals surface area contributed by atoms with Crippen LogP contribution in [-0.4, -0.2) is 74.7 Å². The summed E-state index contributed by atoms with van der Waals surface area (Å²) >= 11 is 0. The fraction of sp³-hybridized carbons (Fsp3) is 0.600. The minimum atomic E-state index is -1.17. The molecule has 3 saturated carbocycles. The summed E-state index contributed by atoms with van der Waals surface area (Å²) in [4.78, 5) is 45.1. The average Bonchev–Trinajstić information content (AvgIpc) is 3.52. The predicted octanol–water partition coefficient (Wildman–Crippen LogP) is 3.45. The molecule has 0 aliphatic heterocycles. The number of carbonyl (C=O) groups is 3. The van der Waals surface area contributed by atoms with E-state index in [9.17, 15) is 29.7 Å². The van der Waals surface area contributed by atoms with Crippen LogP contribution in [0.15, 0.2) is 47.3 Å². The molecular weight excluding hydrogens is 588 g/mol. The summed E-state index contributed by atoms with van der Waals surface area (Å²) in [6.45, 7) is 5.61. The topological polar surface area (TPSA) is 173 Å². The van der Waals surface area contributed by atoms with Crippen molar-refractivity contribution in [2.75, 3.05) is 13.2 Å². The van der Waals surface area contributed by atoms with Crippen LogP contribution in [0.4, 0.5) is 0 Å². The molecule has 6 N–H and O–H groups in total. The molecule has 0 radical (unpaired) electrons. The molecular formula is C35H46N4O7. The van der Waals surface area contributed by atoms with Crippen molar-refractivity contribution in [1.29, 1.82) is 0 Å². The first-order valence-corrected chi connectivity index (χ1v) is 16.5. The van der Waals surface area contributed by atoms with E-state index in [2.05, 4.69) is 40.7 Å². The van der Waals surface area contributed by atoms with E-state index in [-0.39, 0.29) is 36.3 Å². The van der Waals surface area contributed by atoms with Crippen molar-refractivity contribution in [3.05, 3.63) is 47.7 Å². The number of hydrogen-bond acceptors (Lipinski definition) is 7. The summed E-state index contributed by atoms with van der Waals surface area (Å²) in [6.07, 6.45) is 9.19. The van der Waals surface area contributed by atoms with Gasteiger partial charge in [-0.25, -0.2) is 4.79 Å². The minimum Gasteiger partial charge on any atom is -0.480 e. The van der Waals surface area contributed by atoms with Crippen LogP contribution in [-0.2, 0) is 25.6 Å². The van der Waals surface area contributed by atoms with Gasteiger partial charge in [0, 0.05) is 28.9 Å². The highest BCUT2D eigenvalue weighted by molar-refractivity contribution is 5.96. The number of nitrogens with one attached hydrogen (secondary N) is 3. The van der Waals surface area contributed by atoms with Gasteiger partial charge in [0.15, 0.2) is 6.61 Å². The third-order valence-corrected chi connectivity index (χ3v) is 12.0. The van der Waals surface area contributed by atoms with Crippen LogP contribution < -0.4 is 10.6 Å². The molecule has 0 saturated heterocycles. The van der Waals surface area contributed by atoms with Crippen molar-refractivity contribution >= 4 is 34.4 Å². The number of para-hydroxylation sites is 1. The first-order valence-electron chi connectivity index (χ1n) is 16.5. The molecule has 4 aliphatic rings. The molecule has 2 amide bonds. The number of aliphatic hydroxyl groups excluding tert-OH is 1. The fourth-order valence-corrected chi connectivity index (χ4v) is 9.36. The van der Waals surface area contributed by atoms with Crippen molar-refractivity contribution in [2.24, 2.45) is 33.7 Å². The number of carbonyl (C=O) groups excluding carboxylic acids is 2.